The molecule has 0 aliphatic rings. The number of likely N-dealkylation sites (N-methyl/N-ethyl adjacent to an activating group) is 1. The second-order valence-corrected chi connectivity index (χ2v) is 8.16. The van der Waals surface area contributed by atoms with Crippen molar-refractivity contribution in [1.29, 1.82) is 0 Å². The molecule has 1 atom stereocenters. The second kappa shape index (κ2) is 7.77. The van der Waals surface area contributed by atoms with E-state index in [1.54, 1.807) is 18.4 Å². The first-order valence-corrected chi connectivity index (χ1v) is 9.27. The minimum absolute atomic E-state index is 0.290. The van der Waals surface area contributed by atoms with Crippen molar-refractivity contribution in [2.45, 2.75) is 26.3 Å². The molecule has 1 unspecified atom stereocenters. The molecule has 2 aromatic rings. The van der Waals surface area contributed by atoms with Gasteiger partial charge in [0, 0.05) is 15.4 Å². The Morgan fingerprint density at radius 2 is 2.05 bits per heavy atom. The van der Waals surface area contributed by atoms with Crippen LogP contribution >= 0.6 is 43.2 Å². The number of thiophene rings is 1. The third-order valence-electron chi connectivity index (χ3n) is 3.32. The van der Waals surface area contributed by atoms with Crippen molar-refractivity contribution in [3.63, 3.8) is 0 Å². The number of hydrogen-bond donors (Lipinski definition) is 1. The predicted molar refractivity (Wildman–Crippen MR) is 97.6 cm³/mol. The Labute approximate surface area is 147 Å². The van der Waals surface area contributed by atoms with Gasteiger partial charge in [-0.25, -0.2) is 0 Å². The standard InChI is InChI=1S/C16H19Br2NOS/c1-4-19-13(15-9-12(17)16(18)21-15)8-11-7-10(2)5-6-14(11)20-3/h5-7,9,13,19H,4,8H2,1-3H3. The summed E-state index contributed by atoms with van der Waals surface area (Å²) >= 11 is 8.92. The maximum absolute atomic E-state index is 5.50. The SMILES string of the molecule is CCNC(Cc1cc(C)ccc1OC)c1cc(Br)c(Br)s1. The predicted octanol–water partition coefficient (Wildman–Crippen LogP) is 5.48. The Hall–Kier alpha value is -0.360. The van der Waals surface area contributed by atoms with Crippen LogP contribution in [0.25, 0.3) is 0 Å². The average molecular weight is 433 g/mol. The van der Waals surface area contributed by atoms with Crippen molar-refractivity contribution < 1.29 is 4.74 Å². The second-order valence-electron chi connectivity index (χ2n) is 4.90. The van der Waals surface area contributed by atoms with Crippen LogP contribution in [-0.4, -0.2) is 13.7 Å². The molecule has 0 aliphatic carbocycles. The summed E-state index contributed by atoms with van der Waals surface area (Å²) in [6, 6.07) is 8.82. The van der Waals surface area contributed by atoms with Gasteiger partial charge in [-0.05, 0) is 69.4 Å². The van der Waals surface area contributed by atoms with Crippen LogP contribution in [0.2, 0.25) is 0 Å². The van der Waals surface area contributed by atoms with E-state index in [1.807, 2.05) is 6.07 Å². The van der Waals surface area contributed by atoms with Crippen molar-refractivity contribution in [2.75, 3.05) is 13.7 Å². The fraction of sp³-hybridized carbons (Fsp3) is 0.375. The van der Waals surface area contributed by atoms with Crippen molar-refractivity contribution >= 4 is 43.2 Å². The van der Waals surface area contributed by atoms with Gasteiger partial charge in [0.1, 0.15) is 5.75 Å². The van der Waals surface area contributed by atoms with E-state index in [1.165, 1.54) is 16.0 Å². The molecule has 0 saturated heterocycles. The summed E-state index contributed by atoms with van der Waals surface area (Å²) in [7, 11) is 1.73. The lowest BCUT2D eigenvalue weighted by Gasteiger charge is -2.18. The van der Waals surface area contributed by atoms with Gasteiger partial charge < -0.3 is 10.1 Å². The van der Waals surface area contributed by atoms with Gasteiger partial charge in [0.05, 0.1) is 10.9 Å². The van der Waals surface area contributed by atoms with Crippen LogP contribution in [0.5, 0.6) is 5.75 Å². The number of aryl methyl sites for hydroxylation is 1. The van der Waals surface area contributed by atoms with Gasteiger partial charge in [0.25, 0.3) is 0 Å². The summed E-state index contributed by atoms with van der Waals surface area (Å²) in [6.45, 7) is 5.19. The number of rotatable bonds is 6. The van der Waals surface area contributed by atoms with E-state index in [4.69, 9.17) is 4.74 Å². The van der Waals surface area contributed by atoms with Crippen molar-refractivity contribution in [3.05, 3.63) is 48.5 Å². The molecule has 2 rings (SSSR count). The smallest absolute Gasteiger partial charge is 0.122 e. The van der Waals surface area contributed by atoms with Crippen LogP contribution in [0.1, 0.15) is 29.0 Å². The zero-order valence-electron chi connectivity index (χ0n) is 12.4. The molecule has 0 radical (unpaired) electrons. The van der Waals surface area contributed by atoms with Gasteiger partial charge in [-0.3, -0.25) is 0 Å². The number of benzene rings is 1. The van der Waals surface area contributed by atoms with Crippen LogP contribution in [0.15, 0.2) is 32.5 Å². The lowest BCUT2D eigenvalue weighted by molar-refractivity contribution is 0.406. The van der Waals surface area contributed by atoms with Crippen LogP contribution in [0, 0.1) is 6.92 Å². The van der Waals surface area contributed by atoms with E-state index in [0.29, 0.717) is 6.04 Å². The molecule has 0 bridgehead atoms. The number of methoxy groups -OCH3 is 1. The third-order valence-corrected chi connectivity index (χ3v) is 6.69. The van der Waals surface area contributed by atoms with Gasteiger partial charge in [-0.1, -0.05) is 24.6 Å². The van der Waals surface area contributed by atoms with Crippen LogP contribution in [0.3, 0.4) is 0 Å². The summed E-state index contributed by atoms with van der Waals surface area (Å²) in [5.74, 6) is 0.957. The lowest BCUT2D eigenvalue weighted by atomic mass is 10.0. The molecule has 1 aromatic carbocycles. The molecule has 21 heavy (non-hydrogen) atoms. The first-order chi connectivity index (χ1) is 10.0. The number of hydrogen-bond acceptors (Lipinski definition) is 3. The Balaban J connectivity index is 2.29. The molecule has 2 nitrogen and oxygen atoms in total. The summed E-state index contributed by atoms with van der Waals surface area (Å²) in [4.78, 5) is 1.32. The first kappa shape index (κ1) is 17.0. The van der Waals surface area contributed by atoms with Crippen molar-refractivity contribution in [2.24, 2.45) is 0 Å². The van der Waals surface area contributed by atoms with E-state index in [-0.39, 0.29) is 0 Å². The summed E-state index contributed by atoms with van der Waals surface area (Å²) in [6.07, 6.45) is 0.915. The Kier molecular flexibility index (Phi) is 6.29. The molecular formula is C16H19Br2NOS. The highest BCUT2D eigenvalue weighted by Crippen LogP contribution is 2.37. The Morgan fingerprint density at radius 3 is 2.62 bits per heavy atom. The van der Waals surface area contributed by atoms with Crippen LogP contribution < -0.4 is 10.1 Å². The first-order valence-electron chi connectivity index (χ1n) is 6.86. The quantitative estimate of drug-likeness (QED) is 0.652. The third kappa shape index (κ3) is 4.31. The molecular weight excluding hydrogens is 414 g/mol. The summed E-state index contributed by atoms with van der Waals surface area (Å²) < 4.78 is 7.75. The highest BCUT2D eigenvalue weighted by Gasteiger charge is 2.17. The molecule has 0 spiro atoms. The van der Waals surface area contributed by atoms with Crippen LogP contribution in [0.4, 0.5) is 0 Å². The fourth-order valence-electron chi connectivity index (χ4n) is 2.34. The van der Waals surface area contributed by atoms with Gasteiger partial charge in [0.2, 0.25) is 0 Å². The molecule has 5 heteroatoms. The molecule has 1 heterocycles. The molecule has 0 aliphatic heterocycles. The highest BCUT2D eigenvalue weighted by molar-refractivity contribution is 9.13. The molecule has 0 saturated carbocycles. The van der Waals surface area contributed by atoms with Crippen LogP contribution in [-0.2, 0) is 6.42 Å². The maximum atomic E-state index is 5.50. The molecule has 0 fully saturated rings. The Bertz CT molecular complexity index is 593. The van der Waals surface area contributed by atoms with Gasteiger partial charge in [-0.2, -0.15) is 0 Å². The summed E-state index contributed by atoms with van der Waals surface area (Å²) in [5.41, 5.74) is 2.50. The normalized spacial score (nSPS) is 12.4. The van der Waals surface area contributed by atoms with Gasteiger partial charge in [-0.15, -0.1) is 11.3 Å². The number of ether oxygens (including phenoxy) is 1. The number of nitrogens with one attached hydrogen (secondary N) is 1. The molecule has 1 N–H and O–H groups in total. The zero-order chi connectivity index (χ0) is 15.4. The minimum atomic E-state index is 0.290. The monoisotopic (exact) mass is 431 g/mol. The summed E-state index contributed by atoms with van der Waals surface area (Å²) in [5, 5.41) is 3.57. The minimum Gasteiger partial charge on any atom is -0.496 e. The molecule has 1 aromatic heterocycles. The lowest BCUT2D eigenvalue weighted by Crippen LogP contribution is -2.22. The fourth-order valence-corrected chi connectivity index (χ4v) is 4.51. The van der Waals surface area contributed by atoms with E-state index in [0.717, 1.165) is 27.0 Å². The number of halogens is 2. The highest BCUT2D eigenvalue weighted by atomic mass is 79.9. The van der Waals surface area contributed by atoms with Gasteiger partial charge >= 0.3 is 0 Å². The average Bonchev–Trinajstić information content (AvgIpc) is 2.78. The topological polar surface area (TPSA) is 21.3 Å². The Morgan fingerprint density at radius 1 is 1.29 bits per heavy atom. The van der Waals surface area contributed by atoms with Crippen molar-refractivity contribution in [1.82, 2.24) is 5.32 Å². The van der Waals surface area contributed by atoms with E-state index < -0.39 is 0 Å². The van der Waals surface area contributed by atoms with Gasteiger partial charge in [0.15, 0.2) is 0 Å². The maximum Gasteiger partial charge on any atom is 0.122 e. The molecule has 114 valence electrons. The van der Waals surface area contributed by atoms with E-state index in [9.17, 15) is 0 Å². The van der Waals surface area contributed by atoms with E-state index in [2.05, 4.69) is 69.2 Å². The molecule has 0 amide bonds. The van der Waals surface area contributed by atoms with Crippen molar-refractivity contribution in [3.8, 4) is 5.75 Å². The largest absolute Gasteiger partial charge is 0.496 e. The van der Waals surface area contributed by atoms with E-state index >= 15 is 0 Å². The zero-order valence-corrected chi connectivity index (χ0v) is 16.4.